The molecule has 0 aliphatic rings. The first-order valence-electron chi connectivity index (χ1n) is 6.24. The number of hydrogen-bond donors (Lipinski definition) is 0. The van der Waals surface area contributed by atoms with E-state index in [0.717, 1.165) is 4.31 Å². The highest BCUT2D eigenvalue weighted by molar-refractivity contribution is 7.93. The molecule has 24 heavy (non-hydrogen) atoms. The fourth-order valence-electron chi connectivity index (χ4n) is 1.89. The number of halogens is 5. The van der Waals surface area contributed by atoms with E-state index in [-0.39, 0.29) is 30.7 Å². The van der Waals surface area contributed by atoms with Gasteiger partial charge in [0.2, 0.25) is 5.24 Å². The molecular weight excluding hydrogens is 439 g/mol. The number of hydrogen-bond acceptors (Lipinski definition) is 3. The third-order valence-corrected chi connectivity index (χ3v) is 6.33. The Labute approximate surface area is 163 Å². The molecule has 0 amide bonds. The van der Waals surface area contributed by atoms with Crippen molar-refractivity contribution < 1.29 is 13.2 Å². The fraction of sp³-hybridized carbons (Fsp3) is 0.0714. The quantitative estimate of drug-likeness (QED) is 0.588. The molecule has 2 aromatic carbocycles. The number of anilines is 1. The van der Waals surface area contributed by atoms with Gasteiger partial charge in [-0.25, -0.2) is 8.42 Å². The van der Waals surface area contributed by atoms with E-state index in [1.165, 1.54) is 36.4 Å². The van der Waals surface area contributed by atoms with Gasteiger partial charge < -0.3 is 0 Å². The summed E-state index contributed by atoms with van der Waals surface area (Å²) >= 11 is 29.2. The summed E-state index contributed by atoms with van der Waals surface area (Å²) in [6.45, 7) is -0.660. The van der Waals surface area contributed by atoms with Gasteiger partial charge >= 0.3 is 0 Å². The van der Waals surface area contributed by atoms with Gasteiger partial charge in [-0.15, -0.1) is 0 Å². The van der Waals surface area contributed by atoms with Crippen LogP contribution >= 0.6 is 58.0 Å². The van der Waals surface area contributed by atoms with Crippen LogP contribution in [0.4, 0.5) is 5.69 Å². The Morgan fingerprint density at radius 3 is 2.29 bits per heavy atom. The lowest BCUT2D eigenvalue weighted by atomic mass is 10.3. The Balaban J connectivity index is 2.69. The third-order valence-electron chi connectivity index (χ3n) is 2.93. The van der Waals surface area contributed by atoms with Crippen LogP contribution in [0, 0.1) is 0 Å². The second-order valence-corrected chi connectivity index (χ2v) is 8.40. The maximum absolute atomic E-state index is 13.0. The molecule has 0 saturated carbocycles. The van der Waals surface area contributed by atoms with E-state index >= 15 is 0 Å². The lowest BCUT2D eigenvalue weighted by Gasteiger charge is -2.24. The summed E-state index contributed by atoms with van der Waals surface area (Å²) in [7, 11) is -4.27. The molecule has 0 spiro atoms. The summed E-state index contributed by atoms with van der Waals surface area (Å²) < 4.78 is 26.7. The smallest absolute Gasteiger partial charge is 0.266 e. The summed E-state index contributed by atoms with van der Waals surface area (Å²) in [4.78, 5) is 11.1. The van der Waals surface area contributed by atoms with Gasteiger partial charge in [0, 0.05) is 5.02 Å². The second kappa shape index (κ2) is 7.68. The van der Waals surface area contributed by atoms with E-state index < -0.39 is 21.8 Å². The van der Waals surface area contributed by atoms with Gasteiger partial charge in [-0.1, -0.05) is 52.5 Å². The minimum atomic E-state index is -4.27. The van der Waals surface area contributed by atoms with Crippen LogP contribution in [0.25, 0.3) is 0 Å². The zero-order valence-corrected chi connectivity index (χ0v) is 16.2. The Morgan fingerprint density at radius 2 is 1.67 bits per heavy atom. The first-order chi connectivity index (χ1) is 11.1. The van der Waals surface area contributed by atoms with E-state index in [2.05, 4.69) is 0 Å². The minimum Gasteiger partial charge on any atom is -0.279 e. The average Bonchev–Trinajstić information content (AvgIpc) is 2.50. The molecule has 0 saturated heterocycles. The van der Waals surface area contributed by atoms with E-state index in [1.54, 1.807) is 0 Å². The second-order valence-electron chi connectivity index (χ2n) is 4.51. The van der Waals surface area contributed by atoms with Crippen molar-refractivity contribution in [1.29, 1.82) is 0 Å². The maximum Gasteiger partial charge on any atom is 0.266 e. The minimum absolute atomic E-state index is 0.00536. The molecule has 128 valence electrons. The maximum atomic E-state index is 13.0. The number of carbonyl (C=O) groups is 1. The first kappa shape index (κ1) is 19.6. The van der Waals surface area contributed by atoms with Crippen molar-refractivity contribution in [2.45, 2.75) is 4.90 Å². The Bertz CT molecular complexity index is 901. The van der Waals surface area contributed by atoms with Gasteiger partial charge in [0.1, 0.15) is 11.4 Å². The van der Waals surface area contributed by atoms with Gasteiger partial charge in [0.15, 0.2) is 0 Å². The SMILES string of the molecule is O=C(Cl)CN(c1cccc(Cl)c1Cl)S(=O)(=O)c1cc(Cl)ccc1Cl. The lowest BCUT2D eigenvalue weighted by Crippen LogP contribution is -2.35. The average molecular weight is 448 g/mol. The van der Waals surface area contributed by atoms with Crippen molar-refractivity contribution in [2.75, 3.05) is 10.8 Å². The van der Waals surface area contributed by atoms with Crippen LogP contribution < -0.4 is 4.31 Å². The number of carbonyl (C=O) groups excluding carboxylic acids is 1. The molecule has 0 fully saturated rings. The summed E-state index contributed by atoms with van der Waals surface area (Å²) in [6.07, 6.45) is 0. The Kier molecular flexibility index (Phi) is 6.29. The molecule has 0 heterocycles. The number of sulfonamides is 1. The van der Waals surface area contributed by atoms with Crippen molar-refractivity contribution in [3.63, 3.8) is 0 Å². The number of nitrogens with zero attached hydrogens (tertiary/aromatic N) is 1. The van der Waals surface area contributed by atoms with Crippen LogP contribution in [0.15, 0.2) is 41.3 Å². The lowest BCUT2D eigenvalue weighted by molar-refractivity contribution is -0.110. The summed E-state index contributed by atoms with van der Waals surface area (Å²) in [5.41, 5.74) is -0.00536. The Morgan fingerprint density at radius 1 is 1.00 bits per heavy atom. The van der Waals surface area contributed by atoms with Crippen molar-refractivity contribution in [1.82, 2.24) is 0 Å². The third kappa shape index (κ3) is 4.10. The molecule has 0 radical (unpaired) electrons. The van der Waals surface area contributed by atoms with Crippen molar-refractivity contribution in [3.8, 4) is 0 Å². The molecular formula is C14H8Cl5NO3S. The van der Waals surface area contributed by atoms with Crippen molar-refractivity contribution in [2.24, 2.45) is 0 Å². The predicted octanol–water partition coefficient (Wildman–Crippen LogP) is 5.26. The van der Waals surface area contributed by atoms with Crippen LogP contribution in [-0.4, -0.2) is 20.2 Å². The van der Waals surface area contributed by atoms with Gasteiger partial charge in [0.05, 0.1) is 20.8 Å². The first-order valence-corrected chi connectivity index (χ1v) is 9.57. The summed E-state index contributed by atoms with van der Waals surface area (Å²) in [6, 6.07) is 8.30. The zero-order chi connectivity index (χ0) is 18.1. The van der Waals surface area contributed by atoms with Crippen molar-refractivity contribution >= 4 is 79.0 Å². The van der Waals surface area contributed by atoms with Crippen LogP contribution in [-0.2, 0) is 14.8 Å². The number of benzene rings is 2. The molecule has 0 bridgehead atoms. The monoisotopic (exact) mass is 445 g/mol. The van der Waals surface area contributed by atoms with E-state index in [0.29, 0.717) is 0 Å². The topological polar surface area (TPSA) is 54.5 Å². The normalized spacial score (nSPS) is 11.4. The fourth-order valence-corrected chi connectivity index (χ4v) is 4.70. The predicted molar refractivity (Wildman–Crippen MR) is 98.3 cm³/mol. The van der Waals surface area contributed by atoms with Gasteiger partial charge in [0.25, 0.3) is 10.0 Å². The van der Waals surface area contributed by atoms with E-state index in [9.17, 15) is 13.2 Å². The molecule has 2 rings (SSSR count). The zero-order valence-electron chi connectivity index (χ0n) is 11.6. The highest BCUT2D eigenvalue weighted by atomic mass is 35.5. The van der Waals surface area contributed by atoms with Gasteiger partial charge in [-0.2, -0.15) is 0 Å². The standard InChI is InChI=1S/C14H8Cl5NO3S/c15-8-4-5-9(16)12(6-8)24(22,23)20(7-13(18)21)11-3-1-2-10(17)14(11)19/h1-6H,7H2. The largest absolute Gasteiger partial charge is 0.279 e. The van der Waals surface area contributed by atoms with Gasteiger partial charge in [-0.3, -0.25) is 9.10 Å². The van der Waals surface area contributed by atoms with Crippen LogP contribution in [0.3, 0.4) is 0 Å². The van der Waals surface area contributed by atoms with Crippen LogP contribution in [0.2, 0.25) is 20.1 Å². The molecule has 0 N–H and O–H groups in total. The highest BCUT2D eigenvalue weighted by Gasteiger charge is 2.30. The number of rotatable bonds is 5. The molecule has 4 nitrogen and oxygen atoms in total. The summed E-state index contributed by atoms with van der Waals surface area (Å²) in [5, 5.41) is -0.739. The summed E-state index contributed by atoms with van der Waals surface area (Å²) in [5.74, 6) is 0. The van der Waals surface area contributed by atoms with E-state index in [4.69, 9.17) is 58.0 Å². The van der Waals surface area contributed by atoms with Crippen LogP contribution in [0.5, 0.6) is 0 Å². The molecule has 10 heteroatoms. The highest BCUT2D eigenvalue weighted by Crippen LogP contribution is 2.37. The molecule has 0 unspecified atom stereocenters. The van der Waals surface area contributed by atoms with Gasteiger partial charge in [-0.05, 0) is 41.9 Å². The van der Waals surface area contributed by atoms with Crippen LogP contribution in [0.1, 0.15) is 0 Å². The van der Waals surface area contributed by atoms with E-state index in [1.807, 2.05) is 0 Å². The molecule has 2 aromatic rings. The molecule has 0 atom stereocenters. The Hall–Kier alpha value is -0.690. The molecule has 0 aliphatic heterocycles. The molecule has 0 aromatic heterocycles. The molecule has 0 aliphatic carbocycles. The van der Waals surface area contributed by atoms with Crippen molar-refractivity contribution in [3.05, 3.63) is 56.5 Å².